The second-order valence-electron chi connectivity index (χ2n) is 15.7. The van der Waals surface area contributed by atoms with E-state index in [9.17, 15) is 45.3 Å². The first-order valence-electron chi connectivity index (χ1n) is 22.4. The second-order valence-corrected chi connectivity index (χ2v) is 15.7. The molecule has 15 heteroatoms. The summed E-state index contributed by atoms with van der Waals surface area (Å²) in [7, 11) is 0. The van der Waals surface area contributed by atoms with Crippen molar-refractivity contribution in [3.63, 3.8) is 0 Å². The van der Waals surface area contributed by atoms with Crippen LogP contribution in [0.25, 0.3) is 0 Å². The lowest BCUT2D eigenvalue weighted by Gasteiger charge is -2.42. The molecule has 2 aliphatic heterocycles. The van der Waals surface area contributed by atoms with Gasteiger partial charge in [0, 0.05) is 12.8 Å². The van der Waals surface area contributed by atoms with Gasteiger partial charge in [-0.2, -0.15) is 0 Å². The average molecular weight is 881 g/mol. The zero-order valence-corrected chi connectivity index (χ0v) is 36.5. The van der Waals surface area contributed by atoms with Crippen molar-refractivity contribution in [1.82, 2.24) is 0 Å². The lowest BCUT2D eigenvalue weighted by Crippen LogP contribution is -2.61. The highest BCUT2D eigenvalue weighted by Crippen LogP contribution is 2.26. The summed E-state index contributed by atoms with van der Waals surface area (Å²) in [6.45, 7) is 5.44. The van der Waals surface area contributed by atoms with Crippen LogP contribution in [0.15, 0.2) is 73.9 Å². The first kappa shape index (κ1) is 55.1. The first-order valence-corrected chi connectivity index (χ1v) is 22.4. The molecule has 2 heterocycles. The van der Waals surface area contributed by atoms with E-state index < -0.39 is 99.3 Å². The zero-order valence-electron chi connectivity index (χ0n) is 36.5. The third-order valence-electron chi connectivity index (χ3n) is 10.4. The molecule has 11 atom stereocenters. The van der Waals surface area contributed by atoms with Gasteiger partial charge in [-0.25, -0.2) is 0 Å². The molecule has 0 aromatic rings. The molecular weight excluding hydrogens is 805 g/mol. The first-order chi connectivity index (χ1) is 30.0. The zero-order chi connectivity index (χ0) is 45.4. The third kappa shape index (κ3) is 23.0. The van der Waals surface area contributed by atoms with E-state index in [-0.39, 0.29) is 19.4 Å². The van der Waals surface area contributed by atoms with Gasteiger partial charge in [-0.05, 0) is 64.2 Å². The summed E-state index contributed by atoms with van der Waals surface area (Å²) >= 11 is 0. The van der Waals surface area contributed by atoms with Crippen molar-refractivity contribution in [2.75, 3.05) is 26.4 Å². The summed E-state index contributed by atoms with van der Waals surface area (Å²) in [5.41, 5.74) is 0. The molecule has 0 bridgehead atoms. The van der Waals surface area contributed by atoms with Crippen LogP contribution in [0.2, 0.25) is 0 Å². The molecule has 0 aliphatic carbocycles. The van der Waals surface area contributed by atoms with Gasteiger partial charge in [0.15, 0.2) is 18.7 Å². The van der Waals surface area contributed by atoms with Gasteiger partial charge < -0.3 is 64.2 Å². The topological polar surface area (TPSA) is 231 Å². The van der Waals surface area contributed by atoms with E-state index in [0.717, 1.165) is 89.9 Å². The van der Waals surface area contributed by atoms with E-state index in [1.807, 2.05) is 12.2 Å². The van der Waals surface area contributed by atoms with Crippen LogP contribution >= 0.6 is 0 Å². The van der Waals surface area contributed by atoms with E-state index in [4.69, 9.17) is 28.4 Å². The average Bonchev–Trinajstić information content (AvgIpc) is 3.26. The minimum absolute atomic E-state index is 0.134. The third-order valence-corrected chi connectivity index (χ3v) is 10.4. The smallest absolute Gasteiger partial charge is 0.306 e. The molecule has 0 radical (unpaired) electrons. The highest BCUT2D eigenvalue weighted by molar-refractivity contribution is 5.70. The Labute approximate surface area is 368 Å². The predicted molar refractivity (Wildman–Crippen MR) is 233 cm³/mol. The van der Waals surface area contributed by atoms with Gasteiger partial charge in [0.25, 0.3) is 0 Å². The van der Waals surface area contributed by atoms with Crippen molar-refractivity contribution in [1.29, 1.82) is 0 Å². The highest BCUT2D eigenvalue weighted by atomic mass is 16.7. The van der Waals surface area contributed by atoms with Crippen molar-refractivity contribution in [2.45, 2.75) is 183 Å². The lowest BCUT2D eigenvalue weighted by atomic mass is 9.98. The van der Waals surface area contributed by atoms with Gasteiger partial charge >= 0.3 is 11.9 Å². The number of aliphatic hydroxyl groups excluding tert-OH is 7. The van der Waals surface area contributed by atoms with E-state index in [2.05, 4.69) is 61.8 Å². The van der Waals surface area contributed by atoms with Crippen molar-refractivity contribution in [2.24, 2.45) is 0 Å². The summed E-state index contributed by atoms with van der Waals surface area (Å²) in [6, 6.07) is 0. The Morgan fingerprint density at radius 1 is 0.516 bits per heavy atom. The molecule has 354 valence electrons. The van der Waals surface area contributed by atoms with E-state index in [0.29, 0.717) is 12.8 Å². The van der Waals surface area contributed by atoms with Crippen LogP contribution in [-0.2, 0) is 38.0 Å². The SMILES string of the molecule is C=CC/C=C/C/C=C\CCCCCCCC(=O)OC[C@H](CO[C@@H]1O[C@H](CO[C@H]2O[C@H](CO)[C@H](O)[C@H](O)[C@H]2O)[C@H](O)[C@H](O)[C@H]1O)OC(=O)CCCCCCC/C=C\C/C=C/CC=C. The maximum absolute atomic E-state index is 12.9. The summed E-state index contributed by atoms with van der Waals surface area (Å²) < 4.78 is 33.4. The minimum Gasteiger partial charge on any atom is -0.462 e. The Morgan fingerprint density at radius 3 is 1.52 bits per heavy atom. The summed E-state index contributed by atoms with van der Waals surface area (Å²) in [5.74, 6) is -0.983. The number of carbonyl (C=O) groups is 2. The lowest BCUT2D eigenvalue weighted by molar-refractivity contribution is -0.332. The molecule has 62 heavy (non-hydrogen) atoms. The number of hydrogen-bond acceptors (Lipinski definition) is 15. The molecule has 2 saturated heterocycles. The molecule has 0 saturated carbocycles. The molecule has 0 spiro atoms. The van der Waals surface area contributed by atoms with E-state index in [1.54, 1.807) is 0 Å². The molecule has 0 unspecified atom stereocenters. The van der Waals surface area contributed by atoms with Crippen LogP contribution in [0.4, 0.5) is 0 Å². The van der Waals surface area contributed by atoms with Gasteiger partial charge in [0.2, 0.25) is 0 Å². The molecule has 2 aliphatic rings. The summed E-state index contributed by atoms with van der Waals surface area (Å²) in [6.07, 6.45) is 18.7. The normalized spacial score (nSPS) is 27.3. The fraction of sp³-hybridized carbons (Fsp3) is 0.702. The Bertz CT molecular complexity index is 1330. The van der Waals surface area contributed by atoms with E-state index >= 15 is 0 Å². The fourth-order valence-corrected chi connectivity index (χ4v) is 6.69. The number of allylic oxidation sites excluding steroid dienone is 10. The maximum atomic E-state index is 12.9. The van der Waals surface area contributed by atoms with Gasteiger partial charge in [-0.3, -0.25) is 9.59 Å². The van der Waals surface area contributed by atoms with Crippen LogP contribution < -0.4 is 0 Å². The fourth-order valence-electron chi connectivity index (χ4n) is 6.69. The quantitative estimate of drug-likeness (QED) is 0.0264. The van der Waals surface area contributed by atoms with Gasteiger partial charge in [-0.1, -0.05) is 99.3 Å². The number of hydrogen-bond donors (Lipinski definition) is 7. The Kier molecular flexibility index (Phi) is 30.5. The monoisotopic (exact) mass is 881 g/mol. The van der Waals surface area contributed by atoms with E-state index in [1.165, 1.54) is 0 Å². The number of ether oxygens (including phenoxy) is 6. The number of carbonyl (C=O) groups excluding carboxylic acids is 2. The number of esters is 2. The standard InChI is InChI=1S/C47H76O15/c1-3-5-7-9-11-13-15-17-19-21-23-25-27-29-38(49)57-32-35(60-39(50)30-28-26-24-22-20-18-16-14-12-10-8-6-4-2)33-58-46-45(56)43(54)41(52)37(62-46)34-59-47-44(55)42(53)40(51)36(31-48)61-47/h3-4,7-10,13-16,35-37,40-48,51-56H,1-2,5-6,11-12,17-34H2/b9-7+,10-8+,15-13-,16-14-/t35-,36-,37-,40+,41+,42+,43+,44-,45-,46-,47+/m1/s1. The van der Waals surface area contributed by atoms with Gasteiger partial charge in [-0.15, -0.1) is 13.2 Å². The summed E-state index contributed by atoms with van der Waals surface area (Å²) in [4.78, 5) is 25.6. The Morgan fingerprint density at radius 2 is 0.968 bits per heavy atom. The van der Waals surface area contributed by atoms with Crippen molar-refractivity contribution in [3.05, 3.63) is 73.9 Å². The number of unbranched alkanes of at least 4 members (excludes halogenated alkanes) is 10. The van der Waals surface area contributed by atoms with Crippen LogP contribution in [0.1, 0.15) is 116 Å². The van der Waals surface area contributed by atoms with Crippen LogP contribution in [0.5, 0.6) is 0 Å². The molecule has 0 aromatic carbocycles. The predicted octanol–water partition coefficient (Wildman–Crippen LogP) is 4.70. The van der Waals surface area contributed by atoms with Crippen molar-refractivity contribution >= 4 is 11.9 Å². The van der Waals surface area contributed by atoms with Gasteiger partial charge in [0.05, 0.1) is 19.8 Å². The number of rotatable bonds is 34. The number of aliphatic hydroxyl groups is 7. The Balaban J connectivity index is 1.87. The molecule has 0 amide bonds. The van der Waals surface area contributed by atoms with Crippen LogP contribution in [-0.4, -0.2) is 142 Å². The highest BCUT2D eigenvalue weighted by Gasteiger charge is 2.47. The molecule has 2 fully saturated rings. The van der Waals surface area contributed by atoms with Gasteiger partial charge in [0.1, 0.15) is 55.4 Å². The molecule has 2 rings (SSSR count). The molecule has 7 N–H and O–H groups in total. The molecular formula is C47H76O15. The van der Waals surface area contributed by atoms with Crippen LogP contribution in [0.3, 0.4) is 0 Å². The van der Waals surface area contributed by atoms with Crippen molar-refractivity contribution < 1.29 is 73.8 Å². The van der Waals surface area contributed by atoms with Crippen molar-refractivity contribution in [3.8, 4) is 0 Å². The minimum atomic E-state index is -1.78. The maximum Gasteiger partial charge on any atom is 0.306 e. The molecule has 15 nitrogen and oxygen atoms in total. The van der Waals surface area contributed by atoms with Crippen LogP contribution in [0, 0.1) is 0 Å². The largest absolute Gasteiger partial charge is 0.462 e. The Hall–Kier alpha value is -3.06. The second kappa shape index (κ2) is 34.4. The molecule has 0 aromatic heterocycles. The summed E-state index contributed by atoms with van der Waals surface area (Å²) in [5, 5.41) is 71.8.